The first kappa shape index (κ1) is 15.7. The second kappa shape index (κ2) is 7.96. The van der Waals surface area contributed by atoms with Crippen LogP contribution in [0.4, 0.5) is 19.3 Å². The predicted octanol–water partition coefficient (Wildman–Crippen LogP) is 2.70. The first-order chi connectivity index (χ1) is 10.6. The van der Waals surface area contributed by atoms with Gasteiger partial charge in [-0.2, -0.15) is 8.78 Å². The summed E-state index contributed by atoms with van der Waals surface area (Å²) < 4.78 is 30.8. The molecule has 0 unspecified atom stereocenters. The van der Waals surface area contributed by atoms with Crippen LogP contribution in [-0.2, 0) is 6.54 Å². The number of para-hydroxylation sites is 2. The average molecular weight is 310 g/mol. The Morgan fingerprint density at radius 2 is 2.18 bits per heavy atom. The van der Waals surface area contributed by atoms with E-state index in [0.29, 0.717) is 6.54 Å². The standard InChI is InChI=1S/C14H16F2N4O2/c15-13(16)22-12-5-2-1-4-11(12)19-14(21)18-6-3-8-20-9-7-17-10-20/h1-2,4-5,7,9-10,13H,3,6,8H2,(H2,18,19,21). The number of anilines is 1. The van der Waals surface area contributed by atoms with Gasteiger partial charge in [0.15, 0.2) is 0 Å². The minimum absolute atomic E-state index is 0.0777. The maximum atomic E-state index is 12.3. The van der Waals surface area contributed by atoms with E-state index in [4.69, 9.17) is 0 Å². The van der Waals surface area contributed by atoms with Crippen molar-refractivity contribution in [1.29, 1.82) is 0 Å². The molecule has 0 atom stereocenters. The van der Waals surface area contributed by atoms with Crippen molar-refractivity contribution in [3.63, 3.8) is 0 Å². The Bertz CT molecular complexity index is 590. The SMILES string of the molecule is O=C(NCCCn1ccnc1)Nc1ccccc1OC(F)F. The highest BCUT2D eigenvalue weighted by Crippen LogP contribution is 2.25. The number of aryl methyl sites for hydroxylation is 1. The van der Waals surface area contributed by atoms with E-state index in [1.54, 1.807) is 24.7 Å². The van der Waals surface area contributed by atoms with Crippen molar-refractivity contribution in [1.82, 2.24) is 14.9 Å². The summed E-state index contributed by atoms with van der Waals surface area (Å²) in [5.74, 6) is -0.0777. The van der Waals surface area contributed by atoms with Gasteiger partial charge in [0.1, 0.15) is 5.75 Å². The van der Waals surface area contributed by atoms with Gasteiger partial charge in [-0.1, -0.05) is 12.1 Å². The number of nitrogens with one attached hydrogen (secondary N) is 2. The molecule has 0 bridgehead atoms. The number of carbonyl (C=O) groups excluding carboxylic acids is 1. The molecule has 0 spiro atoms. The Hall–Kier alpha value is -2.64. The fraction of sp³-hybridized carbons (Fsp3) is 0.286. The highest BCUT2D eigenvalue weighted by atomic mass is 19.3. The molecule has 22 heavy (non-hydrogen) atoms. The molecule has 2 rings (SSSR count). The van der Waals surface area contributed by atoms with Crippen LogP contribution >= 0.6 is 0 Å². The van der Waals surface area contributed by atoms with E-state index in [0.717, 1.165) is 13.0 Å². The van der Waals surface area contributed by atoms with E-state index < -0.39 is 12.6 Å². The van der Waals surface area contributed by atoms with Gasteiger partial charge in [-0.25, -0.2) is 9.78 Å². The molecule has 2 aromatic rings. The summed E-state index contributed by atoms with van der Waals surface area (Å²) in [6.07, 6.45) is 5.93. The highest BCUT2D eigenvalue weighted by Gasteiger charge is 2.10. The molecule has 0 aliphatic heterocycles. The molecular weight excluding hydrogens is 294 g/mol. The number of benzene rings is 1. The van der Waals surface area contributed by atoms with Gasteiger partial charge in [-0.3, -0.25) is 0 Å². The van der Waals surface area contributed by atoms with Gasteiger partial charge < -0.3 is 19.9 Å². The van der Waals surface area contributed by atoms with Gasteiger partial charge in [0.25, 0.3) is 0 Å². The van der Waals surface area contributed by atoms with E-state index in [1.807, 2.05) is 10.8 Å². The fourth-order valence-electron chi connectivity index (χ4n) is 1.82. The molecule has 2 N–H and O–H groups in total. The number of carbonyl (C=O) groups is 1. The quantitative estimate of drug-likeness (QED) is 0.773. The molecule has 1 aromatic carbocycles. The third-order valence-electron chi connectivity index (χ3n) is 2.79. The molecule has 6 nitrogen and oxygen atoms in total. The van der Waals surface area contributed by atoms with Crippen LogP contribution in [0.1, 0.15) is 6.42 Å². The Balaban J connectivity index is 1.77. The van der Waals surface area contributed by atoms with Crippen LogP contribution in [0.25, 0.3) is 0 Å². The molecule has 0 aliphatic rings. The van der Waals surface area contributed by atoms with Crippen molar-refractivity contribution in [2.75, 3.05) is 11.9 Å². The molecular formula is C14H16F2N4O2. The van der Waals surface area contributed by atoms with Gasteiger partial charge in [-0.05, 0) is 18.6 Å². The number of rotatable bonds is 7. The number of imidazole rings is 1. The van der Waals surface area contributed by atoms with Crippen LogP contribution in [0.15, 0.2) is 43.0 Å². The van der Waals surface area contributed by atoms with Gasteiger partial charge >= 0.3 is 12.6 Å². The number of amides is 2. The van der Waals surface area contributed by atoms with Crippen LogP contribution in [-0.4, -0.2) is 28.7 Å². The average Bonchev–Trinajstić information content (AvgIpc) is 2.98. The van der Waals surface area contributed by atoms with Crippen molar-refractivity contribution >= 4 is 11.7 Å². The first-order valence-electron chi connectivity index (χ1n) is 6.69. The lowest BCUT2D eigenvalue weighted by Gasteiger charge is -2.12. The number of hydrogen-bond acceptors (Lipinski definition) is 3. The fourth-order valence-corrected chi connectivity index (χ4v) is 1.82. The van der Waals surface area contributed by atoms with Crippen molar-refractivity contribution in [2.45, 2.75) is 19.6 Å². The van der Waals surface area contributed by atoms with Crippen LogP contribution in [0.2, 0.25) is 0 Å². The van der Waals surface area contributed by atoms with Crippen LogP contribution in [0, 0.1) is 0 Å². The van der Waals surface area contributed by atoms with E-state index in [2.05, 4.69) is 20.4 Å². The van der Waals surface area contributed by atoms with Gasteiger partial charge in [0, 0.05) is 25.5 Å². The van der Waals surface area contributed by atoms with Crippen molar-refractivity contribution in [3.05, 3.63) is 43.0 Å². The zero-order valence-electron chi connectivity index (χ0n) is 11.7. The van der Waals surface area contributed by atoms with E-state index in [9.17, 15) is 13.6 Å². The normalized spacial score (nSPS) is 10.5. The molecule has 2 amide bonds. The minimum atomic E-state index is -2.94. The number of hydrogen-bond donors (Lipinski definition) is 2. The first-order valence-corrected chi connectivity index (χ1v) is 6.69. The number of urea groups is 1. The van der Waals surface area contributed by atoms with E-state index >= 15 is 0 Å². The Morgan fingerprint density at radius 1 is 1.36 bits per heavy atom. The number of halogens is 2. The Morgan fingerprint density at radius 3 is 2.91 bits per heavy atom. The summed E-state index contributed by atoms with van der Waals surface area (Å²) in [6.45, 7) is -1.77. The van der Waals surface area contributed by atoms with E-state index in [-0.39, 0.29) is 11.4 Å². The van der Waals surface area contributed by atoms with Crippen molar-refractivity contribution in [3.8, 4) is 5.75 Å². The Kier molecular flexibility index (Phi) is 5.70. The lowest BCUT2D eigenvalue weighted by molar-refractivity contribution is -0.0493. The summed E-state index contributed by atoms with van der Waals surface area (Å²) in [7, 11) is 0. The Labute approximate surface area is 126 Å². The minimum Gasteiger partial charge on any atom is -0.433 e. The molecule has 118 valence electrons. The monoisotopic (exact) mass is 310 g/mol. The topological polar surface area (TPSA) is 68.2 Å². The summed E-state index contributed by atoms with van der Waals surface area (Å²) in [5, 5.41) is 5.13. The van der Waals surface area contributed by atoms with Crippen molar-refractivity contribution in [2.24, 2.45) is 0 Å². The second-order valence-corrected chi connectivity index (χ2v) is 4.41. The molecule has 1 aromatic heterocycles. The smallest absolute Gasteiger partial charge is 0.387 e. The number of ether oxygens (including phenoxy) is 1. The van der Waals surface area contributed by atoms with Gasteiger partial charge in [0.05, 0.1) is 12.0 Å². The second-order valence-electron chi connectivity index (χ2n) is 4.41. The molecule has 0 radical (unpaired) electrons. The predicted molar refractivity (Wildman–Crippen MR) is 76.9 cm³/mol. The zero-order chi connectivity index (χ0) is 15.8. The molecule has 0 saturated carbocycles. The molecule has 8 heteroatoms. The third-order valence-corrected chi connectivity index (χ3v) is 2.79. The number of alkyl halides is 2. The lowest BCUT2D eigenvalue weighted by Crippen LogP contribution is -2.30. The van der Waals surface area contributed by atoms with Gasteiger partial charge in [0.2, 0.25) is 0 Å². The summed E-state index contributed by atoms with van der Waals surface area (Å²) in [6, 6.07) is 5.54. The van der Waals surface area contributed by atoms with Crippen LogP contribution in [0.3, 0.4) is 0 Å². The van der Waals surface area contributed by atoms with Crippen LogP contribution in [0.5, 0.6) is 5.75 Å². The van der Waals surface area contributed by atoms with Crippen molar-refractivity contribution < 1.29 is 18.3 Å². The maximum absolute atomic E-state index is 12.3. The third kappa shape index (κ3) is 5.04. The molecule has 0 aliphatic carbocycles. The van der Waals surface area contributed by atoms with Gasteiger partial charge in [-0.15, -0.1) is 0 Å². The zero-order valence-corrected chi connectivity index (χ0v) is 11.7. The highest BCUT2D eigenvalue weighted by molar-refractivity contribution is 5.90. The molecule has 0 fully saturated rings. The summed E-state index contributed by atoms with van der Waals surface area (Å²) in [4.78, 5) is 15.6. The number of nitrogens with zero attached hydrogens (tertiary/aromatic N) is 2. The maximum Gasteiger partial charge on any atom is 0.387 e. The molecule has 0 saturated heterocycles. The van der Waals surface area contributed by atoms with Crippen LogP contribution < -0.4 is 15.4 Å². The van der Waals surface area contributed by atoms with E-state index in [1.165, 1.54) is 12.1 Å². The summed E-state index contributed by atoms with van der Waals surface area (Å²) >= 11 is 0. The largest absolute Gasteiger partial charge is 0.433 e. The lowest BCUT2D eigenvalue weighted by atomic mass is 10.3. The number of aromatic nitrogens is 2. The summed E-state index contributed by atoms with van der Waals surface area (Å²) in [5.41, 5.74) is 0.190. The molecule has 1 heterocycles.